The van der Waals surface area contributed by atoms with E-state index in [1.165, 1.54) is 18.2 Å². The Morgan fingerprint density at radius 2 is 1.68 bits per heavy atom. The lowest BCUT2D eigenvalue weighted by Gasteiger charge is -2.31. The van der Waals surface area contributed by atoms with Gasteiger partial charge in [0.25, 0.3) is 5.91 Å². The highest BCUT2D eigenvalue weighted by Crippen LogP contribution is 2.35. The highest BCUT2D eigenvalue weighted by molar-refractivity contribution is 6.31. The number of rotatable bonds is 5. The number of amides is 1. The van der Waals surface area contributed by atoms with E-state index in [2.05, 4.69) is 15.6 Å². The molecule has 3 heterocycles. The first-order valence-corrected chi connectivity index (χ1v) is 13.9. The molecule has 3 aromatic carbocycles. The van der Waals surface area contributed by atoms with Crippen LogP contribution in [0.4, 0.5) is 20.3 Å². The average molecular weight is 572 g/mol. The fourth-order valence-corrected chi connectivity index (χ4v) is 5.59. The summed E-state index contributed by atoms with van der Waals surface area (Å²) in [5, 5.41) is 7.02. The van der Waals surface area contributed by atoms with E-state index in [9.17, 15) is 13.6 Å². The largest absolute Gasteiger partial charge is 0.340 e. The molecule has 2 aliphatic heterocycles. The van der Waals surface area contributed by atoms with E-state index in [4.69, 9.17) is 16.6 Å². The molecule has 1 fully saturated rings. The highest BCUT2D eigenvalue weighted by atomic mass is 35.5. The van der Waals surface area contributed by atoms with Crippen molar-refractivity contribution in [3.8, 4) is 11.3 Å². The number of hydrogen-bond acceptors (Lipinski definition) is 5. The van der Waals surface area contributed by atoms with Crippen molar-refractivity contribution in [1.82, 2.24) is 15.2 Å². The number of carbonyl (C=O) groups excluding carboxylic acids is 1. The second-order valence-electron chi connectivity index (χ2n) is 10.2. The Morgan fingerprint density at radius 3 is 2.39 bits per heavy atom. The number of carbonyl (C=O) groups is 1. The normalized spacial score (nSPS) is 15.0. The van der Waals surface area contributed by atoms with Gasteiger partial charge in [-0.3, -0.25) is 9.79 Å². The molecule has 0 spiro atoms. The SMILES string of the molecule is CNC1CCN(C(=O)c2ccc(Nc3ccc4c(n3)-c3ccc(Cl)cc3C(c3c(F)cccc3F)=NC4)cc2)CC1. The van der Waals surface area contributed by atoms with E-state index < -0.39 is 11.6 Å². The quantitative estimate of drug-likeness (QED) is 0.283. The van der Waals surface area contributed by atoms with Gasteiger partial charge in [0.05, 0.1) is 23.5 Å². The molecule has 0 saturated carbocycles. The van der Waals surface area contributed by atoms with Crippen molar-refractivity contribution in [3.63, 3.8) is 0 Å². The summed E-state index contributed by atoms with van der Waals surface area (Å²) in [6.07, 6.45) is 1.89. The van der Waals surface area contributed by atoms with Gasteiger partial charge in [0, 0.05) is 52.1 Å². The number of hydrogen-bond donors (Lipinski definition) is 2. The molecule has 6 nitrogen and oxygen atoms in total. The van der Waals surface area contributed by atoms with Gasteiger partial charge < -0.3 is 15.5 Å². The van der Waals surface area contributed by atoms with Crippen LogP contribution in [-0.4, -0.2) is 47.7 Å². The summed E-state index contributed by atoms with van der Waals surface area (Å²) in [4.78, 5) is 24.3. The Labute approximate surface area is 242 Å². The van der Waals surface area contributed by atoms with E-state index >= 15 is 0 Å². The number of nitrogens with zero attached hydrogens (tertiary/aromatic N) is 3. The molecule has 0 radical (unpaired) electrons. The van der Waals surface area contributed by atoms with Crippen molar-refractivity contribution in [3.05, 3.63) is 112 Å². The van der Waals surface area contributed by atoms with Gasteiger partial charge in [-0.05, 0) is 74.5 Å². The Hall–Kier alpha value is -4.14. The molecule has 1 aromatic heterocycles. The number of pyridine rings is 1. The van der Waals surface area contributed by atoms with Gasteiger partial charge in [0.2, 0.25) is 0 Å². The molecule has 2 aliphatic rings. The molecule has 0 aliphatic carbocycles. The lowest BCUT2D eigenvalue weighted by molar-refractivity contribution is 0.0707. The van der Waals surface area contributed by atoms with Crippen LogP contribution in [0, 0.1) is 11.6 Å². The first kappa shape index (κ1) is 27.1. The number of piperidine rings is 1. The second-order valence-corrected chi connectivity index (χ2v) is 10.6. The van der Waals surface area contributed by atoms with Gasteiger partial charge in [-0.2, -0.15) is 0 Å². The summed E-state index contributed by atoms with van der Waals surface area (Å²) < 4.78 is 29.6. The standard InChI is InChI=1S/C32H28ClF2N5O/c1-36-22-13-15-40(16-14-22)32(41)19-5-9-23(10-6-19)38-28-12-7-20-18-37-31(29-26(34)3-2-4-27(29)35)25-17-21(33)8-11-24(25)30(20)39-28/h2-12,17,22,36H,13-16,18H2,1H3,(H,38,39). The van der Waals surface area contributed by atoms with Crippen LogP contribution in [0.5, 0.6) is 0 Å². The maximum Gasteiger partial charge on any atom is 0.253 e. The van der Waals surface area contributed by atoms with Gasteiger partial charge >= 0.3 is 0 Å². The minimum absolute atomic E-state index is 0.0339. The van der Waals surface area contributed by atoms with E-state index in [1.54, 1.807) is 18.2 Å². The van der Waals surface area contributed by atoms with Crippen LogP contribution in [-0.2, 0) is 6.54 Å². The minimum atomic E-state index is -0.694. The molecule has 0 unspecified atom stereocenters. The Morgan fingerprint density at radius 1 is 0.951 bits per heavy atom. The summed E-state index contributed by atoms with van der Waals surface area (Å²) >= 11 is 6.32. The molecule has 41 heavy (non-hydrogen) atoms. The number of likely N-dealkylation sites (tertiary alicyclic amines) is 1. The number of aromatic nitrogens is 1. The van der Waals surface area contributed by atoms with Gasteiger partial charge in [-0.25, -0.2) is 13.8 Å². The third kappa shape index (κ3) is 5.45. The Kier molecular flexibility index (Phi) is 7.51. The van der Waals surface area contributed by atoms with Gasteiger partial charge in [0.15, 0.2) is 0 Å². The van der Waals surface area contributed by atoms with Gasteiger partial charge in [0.1, 0.15) is 17.5 Å². The summed E-state index contributed by atoms with van der Waals surface area (Å²) in [5.74, 6) is -0.773. The molecule has 6 rings (SSSR count). The third-order valence-corrected chi connectivity index (χ3v) is 7.91. The third-order valence-electron chi connectivity index (χ3n) is 7.67. The smallest absolute Gasteiger partial charge is 0.253 e. The number of benzene rings is 3. The topological polar surface area (TPSA) is 69.6 Å². The summed E-state index contributed by atoms with van der Waals surface area (Å²) in [7, 11) is 1.96. The predicted molar refractivity (Wildman–Crippen MR) is 158 cm³/mol. The zero-order valence-corrected chi connectivity index (χ0v) is 23.2. The lowest BCUT2D eigenvalue weighted by Crippen LogP contribution is -2.43. The number of anilines is 2. The first-order chi connectivity index (χ1) is 19.9. The first-order valence-electron chi connectivity index (χ1n) is 13.5. The number of halogens is 3. The fourth-order valence-electron chi connectivity index (χ4n) is 5.42. The second kappa shape index (κ2) is 11.4. The molecule has 1 amide bonds. The molecule has 2 N–H and O–H groups in total. The van der Waals surface area contributed by atoms with E-state index in [0.717, 1.165) is 37.2 Å². The maximum atomic E-state index is 14.8. The van der Waals surface area contributed by atoms with Gasteiger partial charge in [-0.15, -0.1) is 0 Å². The lowest BCUT2D eigenvalue weighted by atomic mass is 9.94. The maximum absolute atomic E-state index is 14.8. The number of nitrogens with one attached hydrogen (secondary N) is 2. The van der Waals surface area contributed by atoms with E-state index in [-0.39, 0.29) is 23.7 Å². The molecule has 1 saturated heterocycles. The molecule has 9 heteroatoms. The Balaban J connectivity index is 1.27. The monoisotopic (exact) mass is 571 g/mol. The molecule has 4 aromatic rings. The molecular weight excluding hydrogens is 544 g/mol. The summed E-state index contributed by atoms with van der Waals surface area (Å²) in [6.45, 7) is 1.68. The van der Waals surface area contributed by atoms with E-state index in [1.807, 2.05) is 48.3 Å². The zero-order chi connectivity index (χ0) is 28.5. The molecule has 0 bridgehead atoms. The zero-order valence-electron chi connectivity index (χ0n) is 22.4. The van der Waals surface area contributed by atoms with Crippen molar-refractivity contribution >= 4 is 34.7 Å². The van der Waals surface area contributed by atoms with Crippen LogP contribution < -0.4 is 10.6 Å². The predicted octanol–water partition coefficient (Wildman–Crippen LogP) is 6.60. The van der Waals surface area contributed by atoms with Crippen LogP contribution in [0.3, 0.4) is 0 Å². The molecular formula is C32H28ClF2N5O. The summed E-state index contributed by atoms with van der Waals surface area (Å²) in [5.41, 5.74) is 4.07. The minimum Gasteiger partial charge on any atom is -0.340 e. The average Bonchev–Trinajstić information content (AvgIpc) is 3.14. The van der Waals surface area contributed by atoms with Gasteiger partial charge in [-0.1, -0.05) is 29.8 Å². The van der Waals surface area contributed by atoms with Crippen LogP contribution in [0.1, 0.15) is 39.9 Å². The number of fused-ring (bicyclic) bond motifs is 3. The van der Waals surface area contributed by atoms with Crippen LogP contribution >= 0.6 is 11.6 Å². The van der Waals surface area contributed by atoms with Crippen molar-refractivity contribution in [1.29, 1.82) is 0 Å². The molecule has 208 valence electrons. The van der Waals surface area contributed by atoms with E-state index in [0.29, 0.717) is 39.3 Å². The van der Waals surface area contributed by atoms with Crippen LogP contribution in [0.2, 0.25) is 5.02 Å². The van der Waals surface area contributed by atoms with Crippen molar-refractivity contribution in [2.45, 2.75) is 25.4 Å². The van der Waals surface area contributed by atoms with Crippen molar-refractivity contribution in [2.24, 2.45) is 4.99 Å². The molecule has 0 atom stereocenters. The van der Waals surface area contributed by atoms with Crippen molar-refractivity contribution < 1.29 is 13.6 Å². The van der Waals surface area contributed by atoms with Crippen LogP contribution in [0.15, 0.2) is 77.8 Å². The summed E-state index contributed by atoms with van der Waals surface area (Å²) in [6, 6.07) is 20.5. The fraction of sp³-hybridized carbons (Fsp3) is 0.219. The van der Waals surface area contributed by atoms with Crippen LogP contribution in [0.25, 0.3) is 11.3 Å². The Bertz CT molecular complexity index is 1630. The number of aliphatic imine (C=N–C) groups is 1. The highest BCUT2D eigenvalue weighted by Gasteiger charge is 2.25. The van der Waals surface area contributed by atoms with Crippen molar-refractivity contribution in [2.75, 3.05) is 25.5 Å².